The van der Waals surface area contributed by atoms with Gasteiger partial charge in [-0.25, -0.2) is 0 Å². The summed E-state index contributed by atoms with van der Waals surface area (Å²) in [4.78, 5) is 0. The van der Waals surface area contributed by atoms with Crippen molar-refractivity contribution in [3.8, 4) is 5.75 Å². The van der Waals surface area contributed by atoms with Crippen LogP contribution in [0.25, 0.3) is 0 Å². The quantitative estimate of drug-likeness (QED) is 0.505. The molecule has 0 radical (unpaired) electrons. The summed E-state index contributed by atoms with van der Waals surface area (Å²) in [5, 5.41) is 0. The van der Waals surface area contributed by atoms with Crippen molar-refractivity contribution >= 4 is 22.0 Å². The van der Waals surface area contributed by atoms with Gasteiger partial charge in [-0.1, -0.05) is 6.92 Å². The van der Waals surface area contributed by atoms with Gasteiger partial charge in [-0.3, -0.25) is 0 Å². The second-order valence-corrected chi connectivity index (χ2v) is 4.62. The zero-order valence-electron chi connectivity index (χ0n) is 11.3. The van der Waals surface area contributed by atoms with Crippen LogP contribution in [-0.2, 0) is 0 Å². The molecule has 0 amide bonds. The number of benzene rings is 1. The summed E-state index contributed by atoms with van der Waals surface area (Å²) in [6, 6.07) is 3.03. The summed E-state index contributed by atoms with van der Waals surface area (Å²) in [6.45, 7) is 2.63. The number of halogens is 2. The number of ether oxygens (including phenoxy) is 1. The van der Waals surface area contributed by atoms with Crippen molar-refractivity contribution in [3.05, 3.63) is 23.8 Å². The van der Waals surface area contributed by atoms with E-state index in [4.69, 9.17) is 4.74 Å². The summed E-state index contributed by atoms with van der Waals surface area (Å²) in [7, 11) is 0. The van der Waals surface area contributed by atoms with Gasteiger partial charge in [-0.2, -0.15) is 0 Å². The van der Waals surface area contributed by atoms with Crippen LogP contribution in [0.2, 0.25) is 0 Å². The maximum atomic E-state index is 13.4. The van der Waals surface area contributed by atoms with E-state index in [2.05, 4.69) is 6.92 Å². The molecule has 0 spiro atoms. The number of hydrogen-bond acceptors (Lipinski definition) is 1. The average Bonchev–Trinajstić information content (AvgIpc) is 2.37. The monoisotopic (exact) mass is 248 g/mol. The van der Waals surface area contributed by atoms with Gasteiger partial charge >= 0.3 is 110 Å². The Morgan fingerprint density at radius 1 is 1.00 bits per heavy atom. The van der Waals surface area contributed by atoms with E-state index < -0.39 is 11.6 Å². The van der Waals surface area contributed by atoms with Gasteiger partial charge in [-0.05, 0) is 0 Å². The summed E-state index contributed by atoms with van der Waals surface area (Å²) in [5.41, 5.74) is 0. The first-order chi connectivity index (χ1) is 8.66. The third kappa shape index (κ3) is 5.00. The molecule has 0 N–H and O–H groups in total. The first-order valence-electron chi connectivity index (χ1n) is 6.74. The van der Waals surface area contributed by atoms with Crippen LogP contribution in [0, 0.1) is 11.6 Å². The zero-order chi connectivity index (χ0) is 13.4. The van der Waals surface area contributed by atoms with Crippen LogP contribution in [0.4, 0.5) is 8.78 Å². The maximum absolute atomic E-state index is 13.4. The third-order valence-corrected chi connectivity index (χ3v) is 3.00. The van der Waals surface area contributed by atoms with Crippen LogP contribution in [0.5, 0.6) is 5.75 Å². The molecule has 1 aromatic rings. The Bertz CT molecular complexity index is 369. The summed E-state index contributed by atoms with van der Waals surface area (Å²) in [5.74, 6) is -1.66. The summed E-state index contributed by atoms with van der Waals surface area (Å²) in [6.07, 6.45) is 6.88. The Hall–Kier alpha value is -0.523. The Morgan fingerprint density at radius 2 is 1.67 bits per heavy atom. The fourth-order valence-corrected chi connectivity index (χ4v) is 1.80. The molecule has 0 bridgehead atoms. The minimum atomic E-state index is -0.874. The number of unbranched alkanes of at least 4 members (excludes halogenated alkanes) is 5. The number of rotatable bonds is 8. The van der Waals surface area contributed by atoms with Crippen molar-refractivity contribution in [2.75, 3.05) is 6.61 Å². The predicted octanol–water partition coefficient (Wildman–Crippen LogP) is 3.50. The van der Waals surface area contributed by atoms with Gasteiger partial charge in [-0.15, -0.1) is 0 Å². The second-order valence-electron chi connectivity index (χ2n) is 4.62. The van der Waals surface area contributed by atoms with Crippen molar-refractivity contribution in [2.24, 2.45) is 0 Å². The van der Waals surface area contributed by atoms with Gasteiger partial charge < -0.3 is 0 Å². The fraction of sp³-hybridized carbons (Fsp3) is 0.571. The molecule has 0 heterocycles. The predicted molar refractivity (Wildman–Crippen MR) is 70.6 cm³/mol. The molecule has 0 aromatic heterocycles. The fourth-order valence-electron chi connectivity index (χ4n) is 1.80. The Kier molecular flexibility index (Phi) is 7.38. The first-order valence-corrected chi connectivity index (χ1v) is 6.74. The molecule has 0 aliphatic rings. The summed E-state index contributed by atoms with van der Waals surface area (Å²) < 4.78 is 32.3. The van der Waals surface area contributed by atoms with E-state index in [9.17, 15) is 8.78 Å². The van der Waals surface area contributed by atoms with E-state index in [1.807, 2.05) is 0 Å². The molecule has 18 heavy (non-hydrogen) atoms. The van der Waals surface area contributed by atoms with Crippen LogP contribution in [-0.4, -0.2) is 24.3 Å². The number of hydrogen-bond donors (Lipinski definition) is 0. The Balaban J connectivity index is 2.25. The SMILES string of the molecule is [Li][c]1ccc(OCCCCCCCC)c(F)c1F. The van der Waals surface area contributed by atoms with E-state index in [1.165, 1.54) is 55.5 Å². The molecule has 0 fully saturated rings. The third-order valence-electron chi connectivity index (χ3n) is 3.00. The molecular weight excluding hydrogens is 229 g/mol. The van der Waals surface area contributed by atoms with E-state index in [-0.39, 0.29) is 5.75 Å². The normalized spacial score (nSPS) is 10.7. The van der Waals surface area contributed by atoms with Crippen molar-refractivity contribution in [1.82, 2.24) is 0 Å². The molecule has 0 aliphatic carbocycles. The first kappa shape index (κ1) is 15.5. The minimum absolute atomic E-state index is 0.0201. The van der Waals surface area contributed by atoms with E-state index in [0.717, 1.165) is 12.8 Å². The molecule has 0 unspecified atom stereocenters. The zero-order valence-corrected chi connectivity index (χ0v) is 11.3. The van der Waals surface area contributed by atoms with Crippen LogP contribution in [0.3, 0.4) is 0 Å². The molecular formula is C14H19F2LiO. The van der Waals surface area contributed by atoms with Crippen LogP contribution < -0.4 is 8.97 Å². The average molecular weight is 248 g/mol. The van der Waals surface area contributed by atoms with Gasteiger partial charge in [0.05, 0.1) is 0 Å². The van der Waals surface area contributed by atoms with Crippen molar-refractivity contribution < 1.29 is 13.5 Å². The van der Waals surface area contributed by atoms with Gasteiger partial charge in [0.15, 0.2) is 0 Å². The molecule has 96 valence electrons. The van der Waals surface area contributed by atoms with Crippen LogP contribution in [0.1, 0.15) is 45.4 Å². The van der Waals surface area contributed by atoms with Gasteiger partial charge in [0.1, 0.15) is 0 Å². The van der Waals surface area contributed by atoms with Crippen molar-refractivity contribution in [1.29, 1.82) is 0 Å². The van der Waals surface area contributed by atoms with E-state index in [0.29, 0.717) is 10.8 Å². The van der Waals surface area contributed by atoms with Crippen LogP contribution in [0.15, 0.2) is 12.1 Å². The molecule has 1 nitrogen and oxygen atoms in total. The molecule has 0 saturated carbocycles. The van der Waals surface area contributed by atoms with Crippen molar-refractivity contribution in [2.45, 2.75) is 45.4 Å². The van der Waals surface area contributed by atoms with Crippen LogP contribution >= 0.6 is 0 Å². The van der Waals surface area contributed by atoms with E-state index in [1.54, 1.807) is 0 Å². The van der Waals surface area contributed by atoms with Gasteiger partial charge in [0.25, 0.3) is 0 Å². The standard InChI is InChI=1S/C14H19F2O.Li/c1-2-3-4-5-6-7-11-17-13-10-8-9-12(15)14(13)16;/h8,10H,2-7,11H2,1H3;. The Morgan fingerprint density at radius 3 is 2.39 bits per heavy atom. The molecule has 0 atom stereocenters. The summed E-state index contributed by atoms with van der Waals surface area (Å²) >= 11 is 1.54. The Labute approximate surface area is 117 Å². The molecule has 1 rings (SSSR count). The molecule has 4 heteroatoms. The van der Waals surface area contributed by atoms with Gasteiger partial charge in [0.2, 0.25) is 0 Å². The topological polar surface area (TPSA) is 9.23 Å². The second kappa shape index (κ2) is 8.56. The van der Waals surface area contributed by atoms with E-state index >= 15 is 0 Å². The molecule has 1 aromatic carbocycles. The van der Waals surface area contributed by atoms with Gasteiger partial charge in [0, 0.05) is 0 Å². The molecule has 0 aliphatic heterocycles. The molecule has 0 saturated heterocycles. The van der Waals surface area contributed by atoms with Crippen molar-refractivity contribution in [3.63, 3.8) is 0 Å².